The van der Waals surface area contributed by atoms with Crippen molar-refractivity contribution < 1.29 is 4.79 Å². The first-order valence-electron chi connectivity index (χ1n) is 7.20. The summed E-state index contributed by atoms with van der Waals surface area (Å²) in [5, 5.41) is 4.23. The second kappa shape index (κ2) is 5.83. The lowest BCUT2D eigenvalue weighted by atomic mass is 10.1. The largest absolute Gasteiger partial charge is 0.377 e. The zero-order valence-corrected chi connectivity index (χ0v) is 12.0. The van der Waals surface area contributed by atoms with Crippen LogP contribution in [0.5, 0.6) is 0 Å². The van der Waals surface area contributed by atoms with E-state index in [0.717, 1.165) is 28.6 Å². The molecule has 1 aromatic heterocycles. The number of fused-ring (bicyclic) bond motifs is 1. The average molecular weight is 278 g/mol. The van der Waals surface area contributed by atoms with Gasteiger partial charge in [0.05, 0.1) is 6.54 Å². The molecule has 0 bridgehead atoms. The minimum Gasteiger partial charge on any atom is -0.377 e. The number of anilines is 1. The molecule has 0 aliphatic rings. The molecule has 0 radical (unpaired) electrons. The molecule has 3 rings (SSSR count). The van der Waals surface area contributed by atoms with Gasteiger partial charge in [-0.2, -0.15) is 0 Å². The molecule has 1 heterocycles. The van der Waals surface area contributed by atoms with Gasteiger partial charge in [0.25, 0.3) is 0 Å². The Morgan fingerprint density at radius 2 is 1.86 bits per heavy atom. The highest BCUT2D eigenvalue weighted by molar-refractivity contribution is 6.09. The summed E-state index contributed by atoms with van der Waals surface area (Å²) in [7, 11) is 0. The van der Waals surface area contributed by atoms with Gasteiger partial charge in [0.1, 0.15) is 0 Å². The zero-order valence-electron chi connectivity index (χ0n) is 12.0. The first kappa shape index (κ1) is 13.4. The number of hydrogen-bond donors (Lipinski definition) is 2. The highest BCUT2D eigenvalue weighted by Crippen LogP contribution is 2.19. The Morgan fingerprint density at radius 3 is 2.71 bits per heavy atom. The SMILES string of the molecule is CCc1ccccc1NCC(=O)c1c[nH]c2ccccc12. The van der Waals surface area contributed by atoms with Crippen molar-refractivity contribution in [1.82, 2.24) is 4.98 Å². The van der Waals surface area contributed by atoms with Gasteiger partial charge in [0.2, 0.25) is 0 Å². The standard InChI is InChI=1S/C18H18N2O/c1-2-13-7-3-5-9-16(13)20-12-18(21)15-11-19-17-10-6-4-8-14(15)17/h3-11,19-20H,2,12H2,1H3. The Hall–Kier alpha value is -2.55. The van der Waals surface area contributed by atoms with Crippen LogP contribution in [-0.4, -0.2) is 17.3 Å². The summed E-state index contributed by atoms with van der Waals surface area (Å²) in [6.45, 7) is 2.42. The molecular weight excluding hydrogens is 260 g/mol. The first-order chi connectivity index (χ1) is 10.3. The Labute approximate surface area is 124 Å². The minimum atomic E-state index is 0.0957. The molecule has 0 amide bonds. The van der Waals surface area contributed by atoms with Crippen LogP contribution in [-0.2, 0) is 6.42 Å². The number of aromatic amines is 1. The molecule has 21 heavy (non-hydrogen) atoms. The van der Waals surface area contributed by atoms with Crippen LogP contribution in [0.2, 0.25) is 0 Å². The van der Waals surface area contributed by atoms with Crippen LogP contribution in [0.15, 0.2) is 54.7 Å². The van der Waals surface area contributed by atoms with E-state index in [1.54, 1.807) is 6.20 Å². The fraction of sp³-hybridized carbons (Fsp3) is 0.167. The number of Topliss-reactive ketones (excluding diaryl/α,β-unsaturated/α-hetero) is 1. The van der Waals surface area contributed by atoms with Crippen LogP contribution >= 0.6 is 0 Å². The van der Waals surface area contributed by atoms with Crippen LogP contribution in [0, 0.1) is 0 Å². The normalized spacial score (nSPS) is 10.7. The molecule has 3 aromatic rings. The summed E-state index contributed by atoms with van der Waals surface area (Å²) >= 11 is 0. The van der Waals surface area contributed by atoms with Crippen molar-refractivity contribution in [3.8, 4) is 0 Å². The van der Waals surface area contributed by atoms with Crippen molar-refractivity contribution in [2.45, 2.75) is 13.3 Å². The Morgan fingerprint density at radius 1 is 1.10 bits per heavy atom. The molecule has 0 atom stereocenters. The second-order valence-corrected chi connectivity index (χ2v) is 5.04. The Bertz CT molecular complexity index is 773. The quantitative estimate of drug-likeness (QED) is 0.692. The van der Waals surface area contributed by atoms with E-state index >= 15 is 0 Å². The van der Waals surface area contributed by atoms with E-state index in [0.29, 0.717) is 6.54 Å². The topological polar surface area (TPSA) is 44.9 Å². The van der Waals surface area contributed by atoms with E-state index in [2.05, 4.69) is 23.3 Å². The van der Waals surface area contributed by atoms with E-state index in [-0.39, 0.29) is 5.78 Å². The van der Waals surface area contributed by atoms with Crippen LogP contribution in [0.1, 0.15) is 22.8 Å². The van der Waals surface area contributed by atoms with Crippen molar-refractivity contribution in [3.63, 3.8) is 0 Å². The van der Waals surface area contributed by atoms with Gasteiger partial charge in [-0.1, -0.05) is 43.3 Å². The van der Waals surface area contributed by atoms with E-state index in [1.807, 2.05) is 42.5 Å². The van der Waals surface area contributed by atoms with E-state index in [1.165, 1.54) is 5.56 Å². The first-order valence-corrected chi connectivity index (χ1v) is 7.20. The third-order valence-electron chi connectivity index (χ3n) is 3.73. The van der Waals surface area contributed by atoms with Crippen LogP contribution in [0.3, 0.4) is 0 Å². The third kappa shape index (κ3) is 2.68. The molecule has 0 saturated carbocycles. The number of ketones is 1. The molecule has 0 fully saturated rings. The minimum absolute atomic E-state index is 0.0957. The molecule has 0 unspecified atom stereocenters. The van der Waals surface area contributed by atoms with Crippen molar-refractivity contribution >= 4 is 22.4 Å². The fourth-order valence-corrected chi connectivity index (χ4v) is 2.57. The molecule has 2 N–H and O–H groups in total. The van der Waals surface area contributed by atoms with E-state index in [4.69, 9.17) is 0 Å². The number of carbonyl (C=O) groups is 1. The van der Waals surface area contributed by atoms with Gasteiger partial charge in [0.15, 0.2) is 5.78 Å². The summed E-state index contributed by atoms with van der Waals surface area (Å²) in [6.07, 6.45) is 2.74. The van der Waals surface area contributed by atoms with Gasteiger partial charge >= 0.3 is 0 Å². The van der Waals surface area contributed by atoms with E-state index < -0.39 is 0 Å². The molecule has 3 nitrogen and oxygen atoms in total. The lowest BCUT2D eigenvalue weighted by Crippen LogP contribution is -2.14. The number of para-hydroxylation sites is 2. The molecule has 0 aliphatic carbocycles. The molecule has 3 heteroatoms. The summed E-state index contributed by atoms with van der Waals surface area (Å²) in [5.41, 5.74) is 4.00. The summed E-state index contributed by atoms with van der Waals surface area (Å²) in [5.74, 6) is 0.0957. The number of aromatic nitrogens is 1. The predicted molar refractivity (Wildman–Crippen MR) is 86.9 cm³/mol. The number of rotatable bonds is 5. The van der Waals surface area contributed by atoms with Gasteiger partial charge in [-0.15, -0.1) is 0 Å². The molecular formula is C18H18N2O. The van der Waals surface area contributed by atoms with Crippen LogP contribution in [0.25, 0.3) is 10.9 Å². The average Bonchev–Trinajstić information content (AvgIpc) is 2.97. The van der Waals surface area contributed by atoms with Gasteiger partial charge in [-0.05, 0) is 24.1 Å². The van der Waals surface area contributed by atoms with Crippen LogP contribution < -0.4 is 5.32 Å². The maximum absolute atomic E-state index is 12.4. The summed E-state index contributed by atoms with van der Waals surface area (Å²) < 4.78 is 0. The van der Waals surface area contributed by atoms with E-state index in [9.17, 15) is 4.79 Å². The second-order valence-electron chi connectivity index (χ2n) is 5.04. The van der Waals surface area contributed by atoms with Crippen molar-refractivity contribution in [2.75, 3.05) is 11.9 Å². The number of hydrogen-bond acceptors (Lipinski definition) is 2. The lowest BCUT2D eigenvalue weighted by Gasteiger charge is -2.09. The van der Waals surface area contributed by atoms with Gasteiger partial charge in [-0.3, -0.25) is 4.79 Å². The molecule has 0 aliphatic heterocycles. The third-order valence-corrected chi connectivity index (χ3v) is 3.73. The van der Waals surface area contributed by atoms with Crippen molar-refractivity contribution in [2.24, 2.45) is 0 Å². The van der Waals surface area contributed by atoms with Crippen molar-refractivity contribution in [3.05, 3.63) is 65.9 Å². The maximum Gasteiger partial charge on any atom is 0.183 e. The fourth-order valence-electron chi connectivity index (χ4n) is 2.57. The predicted octanol–water partition coefficient (Wildman–Crippen LogP) is 4.03. The van der Waals surface area contributed by atoms with Gasteiger partial charge in [0, 0.05) is 28.4 Å². The molecule has 0 spiro atoms. The number of benzene rings is 2. The molecule has 2 aromatic carbocycles. The summed E-state index contributed by atoms with van der Waals surface area (Å²) in [6, 6.07) is 16.0. The summed E-state index contributed by atoms with van der Waals surface area (Å²) in [4.78, 5) is 15.6. The zero-order chi connectivity index (χ0) is 14.7. The number of carbonyl (C=O) groups excluding carboxylic acids is 1. The Kier molecular flexibility index (Phi) is 3.73. The highest BCUT2D eigenvalue weighted by Gasteiger charge is 2.11. The van der Waals surface area contributed by atoms with Crippen LogP contribution in [0.4, 0.5) is 5.69 Å². The number of H-pyrrole nitrogens is 1. The Balaban J connectivity index is 1.78. The van der Waals surface area contributed by atoms with Crippen molar-refractivity contribution in [1.29, 1.82) is 0 Å². The van der Waals surface area contributed by atoms with Gasteiger partial charge < -0.3 is 10.3 Å². The number of aryl methyl sites for hydroxylation is 1. The smallest absolute Gasteiger partial charge is 0.183 e. The number of nitrogens with one attached hydrogen (secondary N) is 2. The molecule has 0 saturated heterocycles. The molecule has 106 valence electrons. The monoisotopic (exact) mass is 278 g/mol. The highest BCUT2D eigenvalue weighted by atomic mass is 16.1. The maximum atomic E-state index is 12.4. The lowest BCUT2D eigenvalue weighted by molar-refractivity contribution is 0.101. The van der Waals surface area contributed by atoms with Gasteiger partial charge in [-0.25, -0.2) is 0 Å².